The Morgan fingerprint density at radius 3 is 1.87 bits per heavy atom. The first-order valence-corrected chi connectivity index (χ1v) is 13.3. The smallest absolute Gasteiger partial charge is 0.270 e. The lowest BCUT2D eigenvalue weighted by Crippen LogP contribution is -2.12. The number of hydrogen-bond donors (Lipinski definition) is 1. The van der Waals surface area contributed by atoms with Crippen molar-refractivity contribution < 1.29 is 19.5 Å². The molecule has 0 amide bonds. The molecule has 1 unspecified atom stereocenters. The van der Waals surface area contributed by atoms with Crippen LogP contribution < -0.4 is 20.1 Å². The molecular weight excluding hydrogens is 509 g/mol. The number of aromatic hydroxyl groups is 1. The third kappa shape index (κ3) is 5.20. The first kappa shape index (κ1) is 26.0. The van der Waals surface area contributed by atoms with Crippen molar-refractivity contribution in [2.75, 3.05) is 14.2 Å². The fourth-order valence-electron chi connectivity index (χ4n) is 4.69. The molecule has 0 aliphatic carbocycles. The van der Waals surface area contributed by atoms with Crippen molar-refractivity contribution in [1.29, 1.82) is 0 Å². The second-order valence-corrected chi connectivity index (χ2v) is 10.1. The van der Waals surface area contributed by atoms with Crippen LogP contribution in [0.3, 0.4) is 0 Å². The lowest BCUT2D eigenvalue weighted by molar-refractivity contribution is -0.384. The van der Waals surface area contributed by atoms with Crippen molar-refractivity contribution in [3.8, 4) is 50.6 Å². The summed E-state index contributed by atoms with van der Waals surface area (Å²) in [5.74, 6) is 1.13. The summed E-state index contributed by atoms with van der Waals surface area (Å²) in [6.07, 6.45) is 0. The van der Waals surface area contributed by atoms with Crippen LogP contribution in [-0.2, 0) is 0 Å². The van der Waals surface area contributed by atoms with Crippen molar-refractivity contribution >= 4 is 24.9 Å². The highest BCUT2D eigenvalue weighted by molar-refractivity contribution is 7.56. The summed E-state index contributed by atoms with van der Waals surface area (Å²) in [6, 6.07) is 34.5. The Morgan fingerprint density at radius 1 is 0.718 bits per heavy atom. The van der Waals surface area contributed by atoms with Crippen molar-refractivity contribution in [3.05, 3.63) is 119 Å². The van der Waals surface area contributed by atoms with E-state index >= 15 is 0 Å². The maximum atomic E-state index is 11.4. The van der Waals surface area contributed by atoms with Crippen LogP contribution in [0.4, 0.5) is 5.69 Å². The molecule has 194 valence electrons. The summed E-state index contributed by atoms with van der Waals surface area (Å²) in [6.45, 7) is 0. The molecule has 1 atom stereocenters. The van der Waals surface area contributed by atoms with Crippen molar-refractivity contribution in [1.82, 2.24) is 0 Å². The fourth-order valence-corrected chi connectivity index (χ4v) is 6.05. The predicted octanol–water partition coefficient (Wildman–Crippen LogP) is 6.95. The number of nitro groups is 1. The molecule has 1 N–H and O–H groups in total. The Balaban J connectivity index is 1.78. The van der Waals surface area contributed by atoms with Crippen molar-refractivity contribution in [3.63, 3.8) is 0 Å². The van der Waals surface area contributed by atoms with Crippen LogP contribution in [0.5, 0.6) is 17.2 Å². The maximum Gasteiger partial charge on any atom is 0.270 e. The third-order valence-electron chi connectivity index (χ3n) is 6.50. The number of ether oxygens (including phenoxy) is 2. The van der Waals surface area contributed by atoms with Crippen LogP contribution in [0.2, 0.25) is 0 Å². The number of hydrogen-bond acceptors (Lipinski definition) is 5. The Bertz CT molecular complexity index is 1580. The SMILES string of the molecule is COc1ccc(-c2c(-c3ccccc3)cccc2-c2ccccc2)c(OC)c1Pc1cc([N+](=O)[O-])ccc1O. The van der Waals surface area contributed by atoms with Crippen LogP contribution in [0, 0.1) is 10.1 Å². The van der Waals surface area contributed by atoms with Gasteiger partial charge >= 0.3 is 0 Å². The Labute approximate surface area is 228 Å². The Hall–Kier alpha value is -4.67. The lowest BCUT2D eigenvalue weighted by atomic mass is 9.87. The number of benzene rings is 5. The monoisotopic (exact) mass is 535 g/mol. The number of methoxy groups -OCH3 is 2. The summed E-state index contributed by atoms with van der Waals surface area (Å²) in [5.41, 5.74) is 5.94. The number of nitrogens with zero attached hydrogens (tertiary/aromatic N) is 1. The quantitative estimate of drug-likeness (QED) is 0.132. The van der Waals surface area contributed by atoms with Gasteiger partial charge in [-0.05, 0) is 49.0 Å². The molecule has 5 aromatic carbocycles. The van der Waals surface area contributed by atoms with Crippen LogP contribution in [0.25, 0.3) is 33.4 Å². The second kappa shape index (κ2) is 11.4. The summed E-state index contributed by atoms with van der Waals surface area (Å²) >= 11 is 0. The van der Waals surface area contributed by atoms with E-state index in [-0.39, 0.29) is 20.0 Å². The van der Waals surface area contributed by atoms with Gasteiger partial charge in [-0.2, -0.15) is 0 Å². The molecule has 5 rings (SSSR count). The summed E-state index contributed by atoms with van der Waals surface area (Å²) in [4.78, 5) is 11.0. The zero-order valence-corrected chi connectivity index (χ0v) is 22.4. The number of nitro benzene ring substituents is 1. The van der Waals surface area contributed by atoms with Gasteiger partial charge in [0, 0.05) is 28.6 Å². The minimum atomic E-state index is -0.472. The molecule has 5 aromatic rings. The Kier molecular flexibility index (Phi) is 7.57. The molecule has 0 aliphatic rings. The number of non-ortho nitro benzene ring substituents is 1. The molecule has 0 bridgehead atoms. The van der Waals surface area contributed by atoms with Gasteiger partial charge in [0.25, 0.3) is 5.69 Å². The molecular formula is C32H26NO5P. The molecule has 6 nitrogen and oxygen atoms in total. The zero-order valence-electron chi connectivity index (χ0n) is 21.4. The number of phenolic OH excluding ortho intramolecular Hbond substituents is 1. The van der Waals surface area contributed by atoms with Gasteiger partial charge in [0.1, 0.15) is 17.2 Å². The van der Waals surface area contributed by atoms with Crippen LogP contribution in [-0.4, -0.2) is 24.2 Å². The van der Waals surface area contributed by atoms with Crippen LogP contribution in [0.1, 0.15) is 0 Å². The number of phenols is 1. The van der Waals surface area contributed by atoms with Gasteiger partial charge in [0.15, 0.2) is 0 Å². The van der Waals surface area contributed by atoms with E-state index in [1.54, 1.807) is 14.2 Å². The van der Waals surface area contributed by atoms with E-state index in [4.69, 9.17) is 9.47 Å². The molecule has 0 aliphatic heterocycles. The van der Waals surface area contributed by atoms with E-state index in [9.17, 15) is 15.2 Å². The highest BCUT2D eigenvalue weighted by Crippen LogP contribution is 2.45. The molecule has 0 saturated heterocycles. The predicted molar refractivity (Wildman–Crippen MR) is 158 cm³/mol. The van der Waals surface area contributed by atoms with Gasteiger partial charge in [0.05, 0.1) is 24.4 Å². The third-order valence-corrected chi connectivity index (χ3v) is 7.89. The average Bonchev–Trinajstić information content (AvgIpc) is 2.98. The minimum absolute atomic E-state index is 0.0249. The molecule has 0 fully saturated rings. The molecule has 0 aromatic heterocycles. The topological polar surface area (TPSA) is 81.8 Å². The van der Waals surface area contributed by atoms with Crippen LogP contribution in [0.15, 0.2) is 109 Å². The van der Waals surface area contributed by atoms with Gasteiger partial charge < -0.3 is 14.6 Å². The molecule has 0 spiro atoms. The summed E-state index contributed by atoms with van der Waals surface area (Å²) in [5, 5.41) is 23.1. The van der Waals surface area contributed by atoms with Gasteiger partial charge in [-0.15, -0.1) is 0 Å². The van der Waals surface area contributed by atoms with Gasteiger partial charge in [-0.1, -0.05) is 78.9 Å². The van der Waals surface area contributed by atoms with Gasteiger partial charge in [-0.25, -0.2) is 0 Å². The Morgan fingerprint density at radius 2 is 1.33 bits per heavy atom. The van der Waals surface area contributed by atoms with E-state index in [0.717, 1.165) is 33.4 Å². The summed E-state index contributed by atoms with van der Waals surface area (Å²) < 4.78 is 11.8. The molecule has 0 heterocycles. The first-order valence-electron chi connectivity index (χ1n) is 12.3. The van der Waals surface area contributed by atoms with E-state index in [2.05, 4.69) is 36.4 Å². The van der Waals surface area contributed by atoms with Crippen molar-refractivity contribution in [2.45, 2.75) is 0 Å². The molecule has 7 heteroatoms. The van der Waals surface area contributed by atoms with Crippen LogP contribution >= 0.6 is 8.58 Å². The lowest BCUT2D eigenvalue weighted by Gasteiger charge is -2.22. The van der Waals surface area contributed by atoms with E-state index < -0.39 is 4.92 Å². The minimum Gasteiger partial charge on any atom is -0.507 e. The van der Waals surface area contributed by atoms with Crippen molar-refractivity contribution in [2.24, 2.45) is 0 Å². The molecule has 0 saturated carbocycles. The fraction of sp³-hybridized carbons (Fsp3) is 0.0625. The van der Waals surface area contributed by atoms with Gasteiger partial charge in [-0.3, -0.25) is 10.1 Å². The second-order valence-electron chi connectivity index (χ2n) is 8.77. The average molecular weight is 536 g/mol. The van der Waals surface area contributed by atoms with E-state index in [1.165, 1.54) is 18.2 Å². The standard InChI is InChI=1S/C32H26NO5P/c1-37-28-19-17-26(31(38-2)32(28)39-29-20-23(33(35)36)16-18-27(29)34)30-24(21-10-5-3-6-11-21)14-9-15-25(30)22-12-7-4-8-13-22/h3-20,34,39H,1-2H3. The molecule has 0 radical (unpaired) electrons. The zero-order chi connectivity index (χ0) is 27.4. The summed E-state index contributed by atoms with van der Waals surface area (Å²) in [7, 11) is 3.02. The first-order chi connectivity index (χ1) is 19.0. The highest BCUT2D eigenvalue weighted by Gasteiger charge is 2.23. The van der Waals surface area contributed by atoms with Gasteiger partial charge in [0.2, 0.25) is 0 Å². The van der Waals surface area contributed by atoms with E-state index in [1.807, 2.05) is 54.6 Å². The normalized spacial score (nSPS) is 11.0. The highest BCUT2D eigenvalue weighted by atomic mass is 31.1. The maximum absolute atomic E-state index is 11.4. The largest absolute Gasteiger partial charge is 0.507 e. The number of rotatable bonds is 8. The van der Waals surface area contributed by atoms with E-state index in [0.29, 0.717) is 22.1 Å². The molecule has 39 heavy (non-hydrogen) atoms.